The Hall–Kier alpha value is -1.90. The number of aromatic nitrogens is 1. The second-order valence-corrected chi connectivity index (χ2v) is 5.02. The molecule has 2 rings (SSSR count). The number of allylic oxidation sites excluding steroid dienone is 4. The number of hydrogen-bond acceptors (Lipinski definition) is 2. The van der Waals surface area contributed by atoms with Crippen LogP contribution in [0.4, 0.5) is 0 Å². The Morgan fingerprint density at radius 3 is 2.95 bits per heavy atom. The summed E-state index contributed by atoms with van der Waals surface area (Å²) in [5.41, 5.74) is 4.21. The van der Waals surface area contributed by atoms with Crippen LogP contribution in [0.3, 0.4) is 0 Å². The molecule has 0 aromatic carbocycles. The maximum atomic E-state index is 10.8. The van der Waals surface area contributed by atoms with Gasteiger partial charge < -0.3 is 5.11 Å². The molecule has 0 saturated carbocycles. The Kier molecular flexibility index (Phi) is 4.15. The van der Waals surface area contributed by atoms with E-state index in [4.69, 9.17) is 5.11 Å². The number of rotatable bonds is 4. The highest BCUT2D eigenvalue weighted by atomic mass is 16.4. The normalized spacial score (nSPS) is 18.7. The van der Waals surface area contributed by atoms with Crippen molar-refractivity contribution >= 4 is 11.5 Å². The lowest BCUT2D eigenvalue weighted by atomic mass is 9.86. The van der Waals surface area contributed by atoms with Crippen LogP contribution in [0.5, 0.6) is 0 Å². The summed E-state index contributed by atoms with van der Waals surface area (Å²) in [7, 11) is 0. The van der Waals surface area contributed by atoms with Crippen LogP contribution < -0.4 is 0 Å². The molecular formula is C16H19NO2. The highest BCUT2D eigenvalue weighted by molar-refractivity contribution is 5.80. The molecule has 0 bridgehead atoms. The van der Waals surface area contributed by atoms with E-state index in [2.05, 4.69) is 31.0 Å². The molecule has 1 unspecified atom stereocenters. The largest absolute Gasteiger partial charge is 0.481 e. The Labute approximate surface area is 113 Å². The fraction of sp³-hybridized carbons (Fsp3) is 0.375. The molecule has 3 heteroatoms. The van der Waals surface area contributed by atoms with Gasteiger partial charge in [0.25, 0.3) is 0 Å². The third-order valence-corrected chi connectivity index (χ3v) is 3.54. The van der Waals surface area contributed by atoms with Gasteiger partial charge in [-0.25, -0.2) is 0 Å². The predicted molar refractivity (Wildman–Crippen MR) is 75.7 cm³/mol. The van der Waals surface area contributed by atoms with Crippen LogP contribution in [0.1, 0.15) is 37.8 Å². The van der Waals surface area contributed by atoms with Crippen LogP contribution in [-0.2, 0) is 11.2 Å². The fourth-order valence-corrected chi connectivity index (χ4v) is 2.39. The number of pyridine rings is 1. The molecule has 1 aliphatic rings. The average Bonchev–Trinajstić information content (AvgIpc) is 2.39. The third-order valence-electron chi connectivity index (χ3n) is 3.54. The molecular weight excluding hydrogens is 238 g/mol. The predicted octanol–water partition coefficient (Wildman–Crippen LogP) is 3.47. The topological polar surface area (TPSA) is 50.2 Å². The van der Waals surface area contributed by atoms with Crippen molar-refractivity contribution in [2.24, 2.45) is 5.92 Å². The van der Waals surface area contributed by atoms with E-state index < -0.39 is 5.97 Å². The van der Waals surface area contributed by atoms with Crippen molar-refractivity contribution in [3.05, 3.63) is 47.3 Å². The Balaban J connectivity index is 2.32. The number of carboxylic acids is 1. The molecule has 1 N–H and O–H groups in total. The monoisotopic (exact) mass is 257 g/mol. The van der Waals surface area contributed by atoms with Crippen molar-refractivity contribution < 1.29 is 9.90 Å². The van der Waals surface area contributed by atoms with E-state index in [1.165, 1.54) is 11.1 Å². The van der Waals surface area contributed by atoms with Crippen LogP contribution >= 0.6 is 0 Å². The summed E-state index contributed by atoms with van der Waals surface area (Å²) in [5.74, 6) is -0.253. The molecule has 1 aliphatic carbocycles. The zero-order valence-electron chi connectivity index (χ0n) is 11.4. The minimum absolute atomic E-state index is 0.0219. The lowest BCUT2D eigenvalue weighted by molar-refractivity contribution is -0.136. The van der Waals surface area contributed by atoms with Gasteiger partial charge in [-0.2, -0.15) is 0 Å². The number of aliphatic carboxylic acids is 1. The lowest BCUT2D eigenvalue weighted by Gasteiger charge is -2.19. The van der Waals surface area contributed by atoms with E-state index >= 15 is 0 Å². The van der Waals surface area contributed by atoms with Crippen LogP contribution in [-0.4, -0.2) is 16.1 Å². The average molecular weight is 257 g/mol. The molecule has 100 valence electrons. The summed E-state index contributed by atoms with van der Waals surface area (Å²) >= 11 is 0. The van der Waals surface area contributed by atoms with Crippen molar-refractivity contribution in [3.8, 4) is 0 Å². The highest BCUT2D eigenvalue weighted by Crippen LogP contribution is 2.31. The van der Waals surface area contributed by atoms with Crippen molar-refractivity contribution in [1.29, 1.82) is 0 Å². The number of carboxylic acid groups (broad SMARTS) is 1. The van der Waals surface area contributed by atoms with Crippen molar-refractivity contribution in [3.63, 3.8) is 0 Å². The quantitative estimate of drug-likeness (QED) is 0.898. The first-order valence-corrected chi connectivity index (χ1v) is 6.65. The van der Waals surface area contributed by atoms with Gasteiger partial charge in [0, 0.05) is 18.0 Å². The second kappa shape index (κ2) is 5.83. The van der Waals surface area contributed by atoms with Crippen LogP contribution in [0, 0.1) is 5.92 Å². The smallest absolute Gasteiger partial charge is 0.307 e. The van der Waals surface area contributed by atoms with Crippen LogP contribution in [0.15, 0.2) is 36.2 Å². The summed E-state index contributed by atoms with van der Waals surface area (Å²) in [6, 6.07) is 1.93. The van der Waals surface area contributed by atoms with Crippen LogP contribution in [0.2, 0.25) is 0 Å². The van der Waals surface area contributed by atoms with Crippen molar-refractivity contribution in [2.75, 3.05) is 0 Å². The number of hydrogen-bond donors (Lipinski definition) is 1. The molecule has 1 heterocycles. The van der Waals surface area contributed by atoms with E-state index in [0.29, 0.717) is 5.92 Å². The van der Waals surface area contributed by atoms with Gasteiger partial charge in [-0.1, -0.05) is 19.1 Å². The standard InChI is InChI=1S/C16H19NO2/c1-3-12-5-4-11(2)15(7-12)14-6-13(8-16(18)19)9-17-10-14/h4,6-7,9-10,12H,3,5,8H2,1-2H3,(H,18,19). The first kappa shape index (κ1) is 13.5. The van der Waals surface area contributed by atoms with Crippen LogP contribution in [0.25, 0.3) is 5.57 Å². The maximum absolute atomic E-state index is 10.8. The minimum atomic E-state index is -0.824. The van der Waals surface area contributed by atoms with E-state index in [9.17, 15) is 4.79 Å². The molecule has 0 spiro atoms. The summed E-state index contributed by atoms with van der Waals surface area (Å²) in [6.45, 7) is 4.29. The van der Waals surface area contributed by atoms with E-state index in [0.717, 1.165) is 24.0 Å². The van der Waals surface area contributed by atoms with Gasteiger partial charge >= 0.3 is 5.97 Å². The summed E-state index contributed by atoms with van der Waals surface area (Å²) in [4.78, 5) is 14.9. The zero-order valence-corrected chi connectivity index (χ0v) is 11.4. The van der Waals surface area contributed by atoms with E-state index in [1.54, 1.807) is 6.20 Å². The first-order chi connectivity index (χ1) is 9.10. The van der Waals surface area contributed by atoms with Gasteiger partial charge in [0.1, 0.15) is 0 Å². The zero-order chi connectivity index (χ0) is 13.8. The van der Waals surface area contributed by atoms with E-state index in [-0.39, 0.29) is 6.42 Å². The fourth-order valence-electron chi connectivity index (χ4n) is 2.39. The minimum Gasteiger partial charge on any atom is -0.481 e. The molecule has 1 aromatic heterocycles. The highest BCUT2D eigenvalue weighted by Gasteiger charge is 2.14. The summed E-state index contributed by atoms with van der Waals surface area (Å²) in [5, 5.41) is 8.85. The Bertz CT molecular complexity index is 543. The Morgan fingerprint density at radius 1 is 1.47 bits per heavy atom. The molecule has 0 radical (unpaired) electrons. The second-order valence-electron chi connectivity index (χ2n) is 5.02. The number of carbonyl (C=O) groups is 1. The molecule has 0 amide bonds. The SMILES string of the molecule is CCC1C=C(c2cncc(CC(=O)O)c2)C(C)=CC1. The van der Waals surface area contributed by atoms with E-state index in [1.807, 2.05) is 12.3 Å². The van der Waals surface area contributed by atoms with Gasteiger partial charge in [0.15, 0.2) is 0 Å². The molecule has 1 aromatic rings. The van der Waals surface area contributed by atoms with Crippen molar-refractivity contribution in [2.45, 2.75) is 33.1 Å². The summed E-state index contributed by atoms with van der Waals surface area (Å²) < 4.78 is 0. The van der Waals surface area contributed by atoms with Gasteiger partial charge in [0.2, 0.25) is 0 Å². The van der Waals surface area contributed by atoms with Gasteiger partial charge in [-0.3, -0.25) is 9.78 Å². The van der Waals surface area contributed by atoms with Gasteiger partial charge in [-0.05, 0) is 48.5 Å². The van der Waals surface area contributed by atoms with Gasteiger partial charge in [0.05, 0.1) is 6.42 Å². The third kappa shape index (κ3) is 3.31. The Morgan fingerprint density at radius 2 is 2.26 bits per heavy atom. The molecule has 1 atom stereocenters. The number of nitrogens with zero attached hydrogens (tertiary/aromatic N) is 1. The first-order valence-electron chi connectivity index (χ1n) is 6.65. The maximum Gasteiger partial charge on any atom is 0.307 e. The molecule has 19 heavy (non-hydrogen) atoms. The lowest BCUT2D eigenvalue weighted by Crippen LogP contribution is -2.04. The molecule has 3 nitrogen and oxygen atoms in total. The van der Waals surface area contributed by atoms with Gasteiger partial charge in [-0.15, -0.1) is 0 Å². The molecule has 0 saturated heterocycles. The molecule has 0 fully saturated rings. The van der Waals surface area contributed by atoms with Crippen molar-refractivity contribution in [1.82, 2.24) is 4.98 Å². The molecule has 0 aliphatic heterocycles. The summed E-state index contributed by atoms with van der Waals surface area (Å²) in [6.07, 6.45) is 10.2.